The molecule has 1 aromatic rings. The van der Waals surface area contributed by atoms with Gasteiger partial charge in [-0.2, -0.15) is 0 Å². The van der Waals surface area contributed by atoms with E-state index in [1.807, 2.05) is 20.8 Å². The first kappa shape index (κ1) is 13.4. The van der Waals surface area contributed by atoms with Crippen LogP contribution in [-0.2, 0) is 0 Å². The molecular weight excluding hydrogens is 202 g/mol. The molecule has 1 rings (SSSR count). The van der Waals surface area contributed by atoms with Crippen molar-refractivity contribution in [3.63, 3.8) is 0 Å². The van der Waals surface area contributed by atoms with E-state index in [4.69, 9.17) is 0 Å². The van der Waals surface area contributed by atoms with Gasteiger partial charge in [-0.3, -0.25) is 0 Å². The van der Waals surface area contributed by atoms with Crippen molar-refractivity contribution in [2.24, 2.45) is 0 Å². The number of benzene rings is 1. The molecular formula is C11H16F2S. The van der Waals surface area contributed by atoms with Crippen LogP contribution in [0.2, 0.25) is 0 Å². The minimum Gasteiger partial charge on any atom is -0.207 e. The van der Waals surface area contributed by atoms with Crippen molar-refractivity contribution >= 4 is 11.8 Å². The van der Waals surface area contributed by atoms with E-state index in [9.17, 15) is 8.78 Å². The number of thioether (sulfide) groups is 1. The van der Waals surface area contributed by atoms with Gasteiger partial charge < -0.3 is 0 Å². The van der Waals surface area contributed by atoms with Crippen molar-refractivity contribution in [3.8, 4) is 0 Å². The van der Waals surface area contributed by atoms with E-state index in [0.29, 0.717) is 4.90 Å². The van der Waals surface area contributed by atoms with Crippen molar-refractivity contribution in [2.45, 2.75) is 32.1 Å². The molecule has 14 heavy (non-hydrogen) atoms. The lowest BCUT2D eigenvalue weighted by molar-refractivity contribution is 0.577. The Labute approximate surface area is 88.7 Å². The Morgan fingerprint density at radius 3 is 2.43 bits per heavy atom. The molecule has 0 aliphatic rings. The molecule has 0 N–H and O–H groups in total. The highest BCUT2D eigenvalue weighted by atomic mass is 32.2. The predicted octanol–water partition coefficient (Wildman–Crippen LogP) is 4.49. The maximum Gasteiger partial charge on any atom is 0.136 e. The van der Waals surface area contributed by atoms with Gasteiger partial charge in [-0.25, -0.2) is 8.78 Å². The third-order valence-corrected chi connectivity index (χ3v) is 2.59. The first-order chi connectivity index (χ1) is 6.74. The minimum absolute atomic E-state index is 0.338. The zero-order chi connectivity index (χ0) is 11.0. The van der Waals surface area contributed by atoms with Crippen LogP contribution in [0.15, 0.2) is 23.1 Å². The number of hydrogen-bond acceptors (Lipinski definition) is 1. The van der Waals surface area contributed by atoms with E-state index in [-0.39, 0.29) is 11.6 Å². The highest BCUT2D eigenvalue weighted by molar-refractivity contribution is 7.99. The smallest absolute Gasteiger partial charge is 0.136 e. The third-order valence-electron chi connectivity index (χ3n) is 1.35. The molecule has 3 heteroatoms. The Kier molecular flexibility index (Phi) is 7.48. The SMILES string of the molecule is CC.CCCSc1cc(F)ccc1F. The topological polar surface area (TPSA) is 0 Å². The molecule has 0 heterocycles. The van der Waals surface area contributed by atoms with Gasteiger partial charge in [0.05, 0.1) is 0 Å². The Hall–Kier alpha value is -0.570. The summed E-state index contributed by atoms with van der Waals surface area (Å²) in [6.45, 7) is 6.00. The molecule has 0 amide bonds. The molecule has 0 spiro atoms. The Morgan fingerprint density at radius 1 is 1.21 bits per heavy atom. The van der Waals surface area contributed by atoms with Gasteiger partial charge in [0.2, 0.25) is 0 Å². The predicted molar refractivity (Wildman–Crippen MR) is 58.7 cm³/mol. The normalized spacial score (nSPS) is 9.21. The summed E-state index contributed by atoms with van der Waals surface area (Å²) in [6, 6.07) is 3.52. The summed E-state index contributed by atoms with van der Waals surface area (Å²) in [4.78, 5) is 0.400. The average molecular weight is 218 g/mol. The Morgan fingerprint density at radius 2 is 1.86 bits per heavy atom. The van der Waals surface area contributed by atoms with Crippen LogP contribution in [0.1, 0.15) is 27.2 Å². The van der Waals surface area contributed by atoms with E-state index in [0.717, 1.165) is 24.3 Å². The third kappa shape index (κ3) is 4.61. The van der Waals surface area contributed by atoms with E-state index >= 15 is 0 Å². The summed E-state index contributed by atoms with van der Waals surface area (Å²) in [7, 11) is 0. The van der Waals surface area contributed by atoms with Gasteiger partial charge >= 0.3 is 0 Å². The molecule has 0 aromatic heterocycles. The maximum atomic E-state index is 12.9. The van der Waals surface area contributed by atoms with Crippen molar-refractivity contribution in [1.29, 1.82) is 0 Å². The zero-order valence-corrected chi connectivity index (χ0v) is 9.63. The molecule has 0 unspecified atom stereocenters. The Bertz CT molecular complexity index is 261. The average Bonchev–Trinajstić information content (AvgIpc) is 2.22. The van der Waals surface area contributed by atoms with Gasteiger partial charge in [0, 0.05) is 4.90 Å². The molecule has 0 radical (unpaired) electrons. The van der Waals surface area contributed by atoms with Crippen LogP contribution in [0, 0.1) is 11.6 Å². The summed E-state index contributed by atoms with van der Waals surface area (Å²) in [5.41, 5.74) is 0. The van der Waals surface area contributed by atoms with Gasteiger partial charge in [-0.1, -0.05) is 20.8 Å². The van der Waals surface area contributed by atoms with E-state index in [2.05, 4.69) is 0 Å². The summed E-state index contributed by atoms with van der Waals surface area (Å²) in [5.74, 6) is 0.102. The quantitative estimate of drug-likeness (QED) is 0.673. The summed E-state index contributed by atoms with van der Waals surface area (Å²) in [5, 5.41) is 0. The monoisotopic (exact) mass is 218 g/mol. The second kappa shape index (κ2) is 7.80. The molecule has 0 saturated carbocycles. The first-order valence-corrected chi connectivity index (χ1v) is 5.80. The maximum absolute atomic E-state index is 12.9. The fraction of sp³-hybridized carbons (Fsp3) is 0.455. The second-order valence-electron chi connectivity index (χ2n) is 2.42. The molecule has 0 atom stereocenters. The van der Waals surface area contributed by atoms with Gasteiger partial charge in [-0.15, -0.1) is 11.8 Å². The summed E-state index contributed by atoms with van der Waals surface area (Å²) in [6.07, 6.45) is 0.959. The lowest BCUT2D eigenvalue weighted by atomic mass is 10.3. The van der Waals surface area contributed by atoms with Gasteiger partial charge in [0.1, 0.15) is 11.6 Å². The molecule has 0 fully saturated rings. The summed E-state index contributed by atoms with van der Waals surface area (Å²) >= 11 is 1.35. The van der Waals surface area contributed by atoms with Crippen LogP contribution in [0.5, 0.6) is 0 Å². The number of rotatable bonds is 3. The lowest BCUT2D eigenvalue weighted by Crippen LogP contribution is -1.84. The van der Waals surface area contributed by atoms with Crippen LogP contribution in [0.4, 0.5) is 8.78 Å². The van der Waals surface area contributed by atoms with Crippen LogP contribution in [-0.4, -0.2) is 5.75 Å². The molecule has 0 bridgehead atoms. The van der Waals surface area contributed by atoms with Gasteiger partial charge in [0.15, 0.2) is 0 Å². The first-order valence-electron chi connectivity index (χ1n) is 4.82. The fourth-order valence-electron chi connectivity index (χ4n) is 0.800. The van der Waals surface area contributed by atoms with E-state index in [1.165, 1.54) is 17.8 Å². The standard InChI is InChI=1S/C9H10F2S.C2H6/c1-2-5-12-9-6-7(10)3-4-8(9)11;1-2/h3-4,6H,2,5H2,1H3;1-2H3. The fourth-order valence-corrected chi connectivity index (χ4v) is 1.63. The number of halogens is 2. The van der Waals surface area contributed by atoms with E-state index in [1.54, 1.807) is 0 Å². The largest absolute Gasteiger partial charge is 0.207 e. The van der Waals surface area contributed by atoms with Crippen LogP contribution in [0.25, 0.3) is 0 Å². The molecule has 0 nitrogen and oxygen atoms in total. The van der Waals surface area contributed by atoms with E-state index < -0.39 is 0 Å². The van der Waals surface area contributed by atoms with Crippen LogP contribution in [0.3, 0.4) is 0 Å². The highest BCUT2D eigenvalue weighted by Gasteiger charge is 2.02. The molecule has 0 saturated heterocycles. The van der Waals surface area contributed by atoms with Crippen LogP contribution >= 0.6 is 11.8 Å². The second-order valence-corrected chi connectivity index (χ2v) is 3.56. The Balaban J connectivity index is 0.000000791. The van der Waals surface area contributed by atoms with Gasteiger partial charge in [-0.05, 0) is 30.4 Å². The molecule has 80 valence electrons. The van der Waals surface area contributed by atoms with Crippen molar-refractivity contribution in [1.82, 2.24) is 0 Å². The molecule has 0 aliphatic heterocycles. The van der Waals surface area contributed by atoms with Crippen molar-refractivity contribution in [3.05, 3.63) is 29.8 Å². The lowest BCUT2D eigenvalue weighted by Gasteiger charge is -2.00. The molecule has 0 aliphatic carbocycles. The van der Waals surface area contributed by atoms with Crippen molar-refractivity contribution in [2.75, 3.05) is 5.75 Å². The summed E-state index contributed by atoms with van der Waals surface area (Å²) < 4.78 is 25.5. The minimum atomic E-state index is -0.380. The van der Waals surface area contributed by atoms with Gasteiger partial charge in [0.25, 0.3) is 0 Å². The van der Waals surface area contributed by atoms with Crippen LogP contribution < -0.4 is 0 Å². The van der Waals surface area contributed by atoms with Crippen molar-refractivity contribution < 1.29 is 8.78 Å². The molecule has 1 aromatic carbocycles. The zero-order valence-electron chi connectivity index (χ0n) is 8.81. The number of hydrogen-bond donors (Lipinski definition) is 0. The highest BCUT2D eigenvalue weighted by Crippen LogP contribution is 2.22.